The standard InChI is InChI=1S/C22H29NO3/c1-2-3-4-5-12-17-21-24-23(18-19-13-8-6-9-14-19)22(26-25-21)20-15-10-7-11-16-20/h6-11,13-16,21-22H,2-5,12,17-18H2,1H3. The Hall–Kier alpha value is -1.72. The fourth-order valence-corrected chi connectivity index (χ4v) is 3.12. The lowest BCUT2D eigenvalue weighted by Crippen LogP contribution is -2.41. The summed E-state index contributed by atoms with van der Waals surface area (Å²) in [4.78, 5) is 17.4. The van der Waals surface area contributed by atoms with Crippen LogP contribution < -0.4 is 0 Å². The summed E-state index contributed by atoms with van der Waals surface area (Å²) in [6.45, 7) is 2.88. The molecule has 0 spiro atoms. The van der Waals surface area contributed by atoms with E-state index in [0.29, 0.717) is 6.54 Å². The van der Waals surface area contributed by atoms with Crippen molar-refractivity contribution >= 4 is 0 Å². The summed E-state index contributed by atoms with van der Waals surface area (Å²) in [5.74, 6) is 0. The highest BCUT2D eigenvalue weighted by Gasteiger charge is 2.32. The smallest absolute Gasteiger partial charge is 0.211 e. The average Bonchev–Trinajstić information content (AvgIpc) is 2.69. The number of hydroxylamine groups is 2. The van der Waals surface area contributed by atoms with Gasteiger partial charge in [-0.3, -0.25) is 4.84 Å². The quantitative estimate of drug-likeness (QED) is 0.422. The van der Waals surface area contributed by atoms with Crippen LogP contribution in [0.2, 0.25) is 0 Å². The number of benzene rings is 2. The van der Waals surface area contributed by atoms with Crippen LogP contribution in [0.5, 0.6) is 0 Å². The van der Waals surface area contributed by atoms with Crippen LogP contribution in [-0.2, 0) is 21.2 Å². The lowest BCUT2D eigenvalue weighted by atomic mass is 10.1. The molecule has 0 aliphatic carbocycles. The van der Waals surface area contributed by atoms with Gasteiger partial charge in [-0.25, -0.2) is 9.78 Å². The monoisotopic (exact) mass is 355 g/mol. The fourth-order valence-electron chi connectivity index (χ4n) is 3.12. The number of hydrogen-bond donors (Lipinski definition) is 0. The third-order valence-electron chi connectivity index (χ3n) is 4.58. The van der Waals surface area contributed by atoms with E-state index in [9.17, 15) is 0 Å². The maximum Gasteiger partial charge on any atom is 0.211 e. The van der Waals surface area contributed by atoms with Gasteiger partial charge in [0.2, 0.25) is 6.29 Å². The Labute approximate surface area is 156 Å². The molecule has 0 N–H and O–H groups in total. The lowest BCUT2D eigenvalue weighted by Gasteiger charge is -2.37. The van der Waals surface area contributed by atoms with E-state index < -0.39 is 0 Å². The molecule has 2 aromatic carbocycles. The first-order valence-corrected chi connectivity index (χ1v) is 9.71. The van der Waals surface area contributed by atoms with Gasteiger partial charge in [-0.1, -0.05) is 93.3 Å². The summed E-state index contributed by atoms with van der Waals surface area (Å²) >= 11 is 0. The van der Waals surface area contributed by atoms with Crippen LogP contribution in [0.3, 0.4) is 0 Å². The highest BCUT2D eigenvalue weighted by Crippen LogP contribution is 2.31. The SMILES string of the molecule is CCCCCCCC1OOC(c2ccccc2)N(Cc2ccccc2)O1. The molecule has 1 saturated heterocycles. The van der Waals surface area contributed by atoms with Crippen molar-refractivity contribution in [3.63, 3.8) is 0 Å². The van der Waals surface area contributed by atoms with Crippen molar-refractivity contribution in [2.75, 3.05) is 0 Å². The molecule has 0 bridgehead atoms. The number of hydrogen-bond acceptors (Lipinski definition) is 4. The zero-order chi connectivity index (χ0) is 18.0. The van der Waals surface area contributed by atoms with Gasteiger partial charge in [-0.2, -0.15) is 0 Å². The summed E-state index contributed by atoms with van der Waals surface area (Å²) in [7, 11) is 0. The second kappa shape index (κ2) is 10.4. The predicted molar refractivity (Wildman–Crippen MR) is 102 cm³/mol. The molecule has 4 nitrogen and oxygen atoms in total. The van der Waals surface area contributed by atoms with E-state index in [1.807, 2.05) is 53.6 Å². The molecule has 0 saturated carbocycles. The normalized spacial score (nSPS) is 21.0. The number of rotatable bonds is 9. The summed E-state index contributed by atoms with van der Waals surface area (Å²) in [6.07, 6.45) is 6.23. The predicted octanol–water partition coefficient (Wildman–Crippen LogP) is 5.77. The largest absolute Gasteiger partial charge is 0.261 e. The minimum Gasteiger partial charge on any atom is -0.261 e. The third kappa shape index (κ3) is 5.64. The van der Waals surface area contributed by atoms with E-state index in [4.69, 9.17) is 14.6 Å². The lowest BCUT2D eigenvalue weighted by molar-refractivity contribution is -0.533. The molecule has 2 atom stereocenters. The molecule has 1 heterocycles. The van der Waals surface area contributed by atoms with Gasteiger partial charge in [0.1, 0.15) is 0 Å². The van der Waals surface area contributed by atoms with Gasteiger partial charge >= 0.3 is 0 Å². The van der Waals surface area contributed by atoms with Crippen LogP contribution in [0.25, 0.3) is 0 Å². The average molecular weight is 355 g/mol. The zero-order valence-electron chi connectivity index (χ0n) is 15.5. The van der Waals surface area contributed by atoms with Crippen molar-refractivity contribution in [2.24, 2.45) is 0 Å². The van der Waals surface area contributed by atoms with Gasteiger partial charge in [0.05, 0.1) is 6.54 Å². The molecule has 3 rings (SSSR count). The van der Waals surface area contributed by atoms with E-state index in [-0.39, 0.29) is 12.5 Å². The van der Waals surface area contributed by atoms with Gasteiger partial charge < -0.3 is 0 Å². The first kappa shape index (κ1) is 19.1. The molecule has 4 heteroatoms. The molecule has 26 heavy (non-hydrogen) atoms. The summed E-state index contributed by atoms with van der Waals surface area (Å²) in [5.41, 5.74) is 2.20. The van der Waals surface area contributed by atoms with Crippen LogP contribution >= 0.6 is 0 Å². The molecule has 0 amide bonds. The van der Waals surface area contributed by atoms with E-state index >= 15 is 0 Å². The van der Waals surface area contributed by atoms with Crippen molar-refractivity contribution in [3.8, 4) is 0 Å². The van der Waals surface area contributed by atoms with Gasteiger partial charge in [-0.05, 0) is 12.0 Å². The van der Waals surface area contributed by atoms with Gasteiger partial charge in [0.25, 0.3) is 0 Å². The van der Waals surface area contributed by atoms with Gasteiger partial charge in [0, 0.05) is 12.0 Å². The first-order chi connectivity index (χ1) is 12.9. The van der Waals surface area contributed by atoms with E-state index in [2.05, 4.69) is 19.1 Å². The van der Waals surface area contributed by atoms with Crippen molar-refractivity contribution in [3.05, 3.63) is 71.8 Å². The van der Waals surface area contributed by atoms with Crippen LogP contribution in [0.15, 0.2) is 60.7 Å². The van der Waals surface area contributed by atoms with Crippen LogP contribution in [0, 0.1) is 0 Å². The Balaban J connectivity index is 1.61. The Morgan fingerprint density at radius 1 is 0.808 bits per heavy atom. The fraction of sp³-hybridized carbons (Fsp3) is 0.455. The van der Waals surface area contributed by atoms with Crippen LogP contribution in [0.1, 0.15) is 62.8 Å². The minimum atomic E-state index is -0.368. The molecule has 0 radical (unpaired) electrons. The molecular weight excluding hydrogens is 326 g/mol. The van der Waals surface area contributed by atoms with Gasteiger partial charge in [-0.15, -0.1) is 5.06 Å². The number of unbranched alkanes of at least 4 members (excludes halogenated alkanes) is 4. The van der Waals surface area contributed by atoms with Crippen molar-refractivity contribution < 1.29 is 14.6 Å². The second-order valence-electron chi connectivity index (χ2n) is 6.75. The molecule has 2 aromatic rings. The van der Waals surface area contributed by atoms with Crippen LogP contribution in [0.4, 0.5) is 0 Å². The molecule has 1 aliphatic heterocycles. The van der Waals surface area contributed by atoms with Gasteiger partial charge in [0.15, 0.2) is 6.23 Å². The topological polar surface area (TPSA) is 30.9 Å². The molecule has 0 aromatic heterocycles. The summed E-state index contributed by atoms with van der Waals surface area (Å²) < 4.78 is 0. The van der Waals surface area contributed by atoms with Crippen molar-refractivity contribution in [1.29, 1.82) is 0 Å². The maximum atomic E-state index is 6.15. The Kier molecular flexibility index (Phi) is 7.65. The minimum absolute atomic E-state index is 0.347. The first-order valence-electron chi connectivity index (χ1n) is 9.71. The Morgan fingerprint density at radius 2 is 1.50 bits per heavy atom. The second-order valence-corrected chi connectivity index (χ2v) is 6.75. The summed E-state index contributed by atoms with van der Waals surface area (Å²) in [5, 5.41) is 1.89. The third-order valence-corrected chi connectivity index (χ3v) is 4.58. The van der Waals surface area contributed by atoms with Crippen molar-refractivity contribution in [1.82, 2.24) is 5.06 Å². The Morgan fingerprint density at radius 3 is 2.23 bits per heavy atom. The molecule has 140 valence electrons. The zero-order valence-corrected chi connectivity index (χ0v) is 15.5. The molecule has 1 fully saturated rings. The van der Waals surface area contributed by atoms with E-state index in [1.165, 1.54) is 31.2 Å². The molecular formula is C22H29NO3. The van der Waals surface area contributed by atoms with E-state index in [1.54, 1.807) is 0 Å². The maximum absolute atomic E-state index is 6.15. The highest BCUT2D eigenvalue weighted by molar-refractivity contribution is 5.18. The molecule has 2 unspecified atom stereocenters. The van der Waals surface area contributed by atoms with E-state index in [0.717, 1.165) is 18.4 Å². The van der Waals surface area contributed by atoms with Crippen molar-refractivity contribution in [2.45, 2.75) is 64.5 Å². The summed E-state index contributed by atoms with van der Waals surface area (Å²) in [6, 6.07) is 20.3. The Bertz CT molecular complexity index is 620. The number of nitrogens with zero attached hydrogens (tertiary/aromatic N) is 1. The van der Waals surface area contributed by atoms with Crippen LogP contribution in [-0.4, -0.2) is 11.4 Å². The molecule has 1 aliphatic rings. The highest BCUT2D eigenvalue weighted by atomic mass is 17.3.